The first-order valence-corrected chi connectivity index (χ1v) is 7.04. The molecular weight excluding hydrogens is 298 g/mol. The predicted molar refractivity (Wildman–Crippen MR) is 74.1 cm³/mol. The van der Waals surface area contributed by atoms with Crippen LogP contribution in [-0.2, 0) is 0 Å². The molecule has 0 radical (unpaired) electrons. The Kier molecular flexibility index (Phi) is 5.90. The molecule has 2 rings (SSSR count). The summed E-state index contributed by atoms with van der Waals surface area (Å²) < 4.78 is 0. The van der Waals surface area contributed by atoms with Gasteiger partial charge in [0, 0.05) is 38.4 Å². The normalized spacial score (nSPS) is 17.0. The van der Waals surface area contributed by atoms with E-state index in [2.05, 4.69) is 25.5 Å². The van der Waals surface area contributed by atoms with E-state index in [-0.39, 0.29) is 11.2 Å². The average Bonchev–Trinajstić information content (AvgIpc) is 2.51. The maximum Gasteiger partial charge on any atom is 0.282 e. The van der Waals surface area contributed by atoms with Gasteiger partial charge < -0.3 is 5.32 Å². The van der Waals surface area contributed by atoms with Gasteiger partial charge >= 0.3 is 0 Å². The van der Waals surface area contributed by atoms with Crippen molar-refractivity contribution in [2.24, 2.45) is 5.28 Å². The minimum atomic E-state index is 0.0605. The van der Waals surface area contributed by atoms with Gasteiger partial charge in [0.25, 0.3) is 16.1 Å². The number of hydrogen-bond acceptors (Lipinski definition) is 6. The van der Waals surface area contributed by atoms with Crippen molar-refractivity contribution in [2.75, 3.05) is 46.3 Å². The third kappa shape index (κ3) is 4.96. The fourth-order valence-corrected chi connectivity index (χ4v) is 2.05. The van der Waals surface area contributed by atoms with Crippen LogP contribution < -0.4 is 10.2 Å². The Morgan fingerprint density at radius 1 is 1.48 bits per heavy atom. The molecule has 1 aromatic rings. The summed E-state index contributed by atoms with van der Waals surface area (Å²) in [5, 5.41) is 18.3. The summed E-state index contributed by atoms with van der Waals surface area (Å²) in [4.78, 5) is 15.5. The van der Waals surface area contributed by atoms with E-state index in [1.807, 2.05) is 7.05 Å². The van der Waals surface area contributed by atoms with Crippen molar-refractivity contribution in [2.45, 2.75) is 0 Å². The molecule has 1 aromatic heterocycles. The number of piperazine rings is 1. The summed E-state index contributed by atoms with van der Waals surface area (Å²) >= 11 is 5.63. The monoisotopic (exact) mass is 316 g/mol. The second-order valence-corrected chi connectivity index (χ2v) is 4.84. The molecule has 1 aliphatic heterocycles. The first-order chi connectivity index (χ1) is 10.2. The predicted octanol–water partition coefficient (Wildman–Crippen LogP) is 0.0297. The lowest BCUT2D eigenvalue weighted by atomic mass is 10.3. The summed E-state index contributed by atoms with van der Waals surface area (Å²) in [5.74, 6) is 0.168. The zero-order valence-electron chi connectivity index (χ0n) is 11.8. The van der Waals surface area contributed by atoms with Gasteiger partial charge in [-0.15, -0.1) is 5.01 Å². The second kappa shape index (κ2) is 7.91. The summed E-state index contributed by atoms with van der Waals surface area (Å²) in [5.41, 5.74) is 0. The Hall–Kier alpha value is -1.71. The maximum atomic E-state index is 9.83. The number of likely N-dealkylation sites (N-methyl/N-ethyl adjacent to an activating group) is 1. The van der Waals surface area contributed by atoms with Gasteiger partial charge in [0.1, 0.15) is 0 Å². The first kappa shape index (κ1) is 15.7. The molecule has 0 amide bonds. The zero-order chi connectivity index (χ0) is 15.1. The molecule has 0 spiro atoms. The van der Waals surface area contributed by atoms with Crippen LogP contribution in [0.4, 0.5) is 0 Å². The second-order valence-electron chi connectivity index (χ2n) is 4.50. The lowest BCUT2D eigenvalue weighted by molar-refractivity contribution is -0.940. The van der Waals surface area contributed by atoms with Crippen molar-refractivity contribution in [1.82, 2.24) is 25.2 Å². The van der Waals surface area contributed by atoms with Crippen LogP contribution in [0, 0.1) is 0 Å². The van der Waals surface area contributed by atoms with Crippen LogP contribution in [0.1, 0.15) is 0 Å². The molecular formula is C11H19ClN7O2+. The molecule has 0 atom stereocenters. The molecule has 21 heavy (non-hydrogen) atoms. The lowest BCUT2D eigenvalue weighted by Gasteiger charge is -2.28. The van der Waals surface area contributed by atoms with Crippen molar-refractivity contribution in [3.05, 3.63) is 17.5 Å². The van der Waals surface area contributed by atoms with E-state index in [9.17, 15) is 5.21 Å². The van der Waals surface area contributed by atoms with E-state index in [4.69, 9.17) is 16.4 Å². The lowest BCUT2D eigenvalue weighted by Crippen LogP contribution is -2.50. The van der Waals surface area contributed by atoms with E-state index in [0.717, 1.165) is 26.2 Å². The summed E-state index contributed by atoms with van der Waals surface area (Å²) in [6.45, 7) is 4.98. The van der Waals surface area contributed by atoms with Crippen LogP contribution in [0.15, 0.2) is 17.5 Å². The highest BCUT2D eigenvalue weighted by Gasteiger charge is 2.25. The molecule has 0 aromatic carbocycles. The number of nitrogens with zero attached hydrogens (tertiary/aromatic N) is 6. The van der Waals surface area contributed by atoms with Gasteiger partial charge in [-0.1, -0.05) is 0 Å². The quantitative estimate of drug-likeness (QED) is 0.331. The number of rotatable bonds is 6. The standard InChI is InChI=1S/C11H19ClN7O2/c1-13-4-5-17-6-8-18(9-7-17)19(20)16-21-10-2-3-14-11(12)15-10/h2-3,13H,4-9H2,1H3,(H,16,20)/q+1. The number of nitrogens with one attached hydrogen (secondary N) is 1. The van der Waals surface area contributed by atoms with Crippen LogP contribution >= 0.6 is 11.6 Å². The number of hydrazine groups is 1. The molecule has 0 bridgehead atoms. The van der Waals surface area contributed by atoms with Crippen LogP contribution in [0.3, 0.4) is 0 Å². The molecule has 1 fully saturated rings. The van der Waals surface area contributed by atoms with E-state index in [0.29, 0.717) is 18.1 Å². The largest absolute Gasteiger partial charge is 0.318 e. The van der Waals surface area contributed by atoms with Crippen molar-refractivity contribution < 1.29 is 15.0 Å². The topological polar surface area (TPSA) is 89.1 Å². The van der Waals surface area contributed by atoms with E-state index in [1.165, 1.54) is 12.3 Å². The Labute approximate surface area is 127 Å². The van der Waals surface area contributed by atoms with E-state index in [1.54, 1.807) is 5.01 Å². The Balaban J connectivity index is 1.81. The number of halogens is 1. The third-order valence-corrected chi connectivity index (χ3v) is 3.27. The fourth-order valence-electron chi connectivity index (χ4n) is 1.91. The highest BCUT2D eigenvalue weighted by Crippen LogP contribution is 2.09. The average molecular weight is 317 g/mol. The minimum Gasteiger partial charge on any atom is -0.318 e. The highest BCUT2D eigenvalue weighted by molar-refractivity contribution is 6.28. The molecule has 1 saturated heterocycles. The molecule has 9 nitrogen and oxygen atoms in total. The first-order valence-electron chi connectivity index (χ1n) is 6.66. The Morgan fingerprint density at radius 2 is 2.24 bits per heavy atom. The fraction of sp³-hybridized carbons (Fsp3) is 0.636. The SMILES string of the molecule is CNCCN1CCN(/[N+](O)=N/Oc2ccnc(Cl)n2)CC1. The van der Waals surface area contributed by atoms with Gasteiger partial charge in [0.15, 0.2) is 0 Å². The smallest absolute Gasteiger partial charge is 0.282 e. The van der Waals surface area contributed by atoms with Crippen LogP contribution in [0.25, 0.3) is 0 Å². The van der Waals surface area contributed by atoms with Gasteiger partial charge in [-0.05, 0) is 18.6 Å². The van der Waals surface area contributed by atoms with Gasteiger partial charge in [-0.25, -0.2) is 10.2 Å². The molecule has 2 heterocycles. The molecule has 116 valence electrons. The van der Waals surface area contributed by atoms with Gasteiger partial charge in [0.2, 0.25) is 5.28 Å². The van der Waals surface area contributed by atoms with E-state index < -0.39 is 0 Å². The van der Waals surface area contributed by atoms with Crippen molar-refractivity contribution in [3.63, 3.8) is 0 Å². The van der Waals surface area contributed by atoms with Gasteiger partial charge in [0.05, 0.1) is 13.1 Å². The van der Waals surface area contributed by atoms with Crippen LogP contribution in [0.5, 0.6) is 5.88 Å². The Morgan fingerprint density at radius 3 is 2.90 bits per heavy atom. The highest BCUT2D eigenvalue weighted by atomic mass is 35.5. The van der Waals surface area contributed by atoms with Crippen molar-refractivity contribution >= 4 is 11.6 Å². The Bertz CT molecular complexity index is 479. The van der Waals surface area contributed by atoms with Gasteiger partial charge in [-0.3, -0.25) is 9.74 Å². The molecule has 0 unspecified atom stereocenters. The molecule has 0 aliphatic carbocycles. The molecule has 1 aliphatic rings. The van der Waals surface area contributed by atoms with Crippen molar-refractivity contribution in [3.8, 4) is 5.88 Å². The third-order valence-electron chi connectivity index (χ3n) is 3.09. The van der Waals surface area contributed by atoms with Gasteiger partial charge in [-0.2, -0.15) is 4.98 Å². The van der Waals surface area contributed by atoms with Crippen LogP contribution in [-0.4, -0.2) is 76.4 Å². The molecule has 0 saturated carbocycles. The summed E-state index contributed by atoms with van der Waals surface area (Å²) in [6.07, 6.45) is 1.45. The minimum absolute atomic E-state index is 0.0605. The van der Waals surface area contributed by atoms with E-state index >= 15 is 0 Å². The van der Waals surface area contributed by atoms with Crippen molar-refractivity contribution in [1.29, 1.82) is 0 Å². The molecule has 2 N–H and O–H groups in total. The number of aromatic nitrogens is 2. The maximum absolute atomic E-state index is 9.83. The summed E-state index contributed by atoms with van der Waals surface area (Å²) in [6, 6.07) is 1.50. The summed E-state index contributed by atoms with van der Waals surface area (Å²) in [7, 11) is 1.93. The number of hydrogen-bond donors (Lipinski definition) is 2. The van der Waals surface area contributed by atoms with Crippen LogP contribution in [0.2, 0.25) is 5.28 Å². The molecule has 10 heteroatoms. The zero-order valence-corrected chi connectivity index (χ0v) is 12.6.